The predicted octanol–water partition coefficient (Wildman–Crippen LogP) is 3.65. The molecule has 0 aliphatic carbocycles. The number of carbonyl (C=O) groups excluding carboxylic acids is 2. The Balaban J connectivity index is 2.27. The van der Waals surface area contributed by atoms with Gasteiger partial charge in [0.25, 0.3) is 5.91 Å². The van der Waals surface area contributed by atoms with Crippen molar-refractivity contribution in [3.8, 4) is 0 Å². The lowest BCUT2D eigenvalue weighted by Gasteiger charge is -2.18. The summed E-state index contributed by atoms with van der Waals surface area (Å²) in [5.74, 6) is -3.59. The van der Waals surface area contributed by atoms with E-state index in [1.54, 1.807) is 30.3 Å². The minimum absolute atomic E-state index is 0.118. The molecule has 1 N–H and O–H groups in total. The van der Waals surface area contributed by atoms with Crippen molar-refractivity contribution in [2.75, 3.05) is 7.11 Å². The number of amides is 1. The number of halogens is 3. The molecule has 0 aromatic heterocycles. The fourth-order valence-corrected chi connectivity index (χ4v) is 2.36. The molecule has 0 saturated heterocycles. The van der Waals surface area contributed by atoms with Gasteiger partial charge in [-0.3, -0.25) is 9.59 Å². The molecule has 0 fully saturated rings. The SMILES string of the molecule is COC(=O)C[C@H](NC(=O)c1cc(F)c(F)cc1Cl)c1ccccc1. The summed E-state index contributed by atoms with van der Waals surface area (Å²) in [6.07, 6.45) is -0.118. The van der Waals surface area contributed by atoms with Gasteiger partial charge in [-0.25, -0.2) is 8.78 Å². The maximum absolute atomic E-state index is 13.4. The highest BCUT2D eigenvalue weighted by Gasteiger charge is 2.22. The number of carbonyl (C=O) groups is 2. The van der Waals surface area contributed by atoms with Gasteiger partial charge >= 0.3 is 5.97 Å². The van der Waals surface area contributed by atoms with Crippen molar-refractivity contribution in [3.05, 3.63) is 70.2 Å². The first-order valence-corrected chi connectivity index (χ1v) is 7.37. The van der Waals surface area contributed by atoms with Crippen molar-refractivity contribution in [3.63, 3.8) is 0 Å². The van der Waals surface area contributed by atoms with Gasteiger partial charge in [0.1, 0.15) is 0 Å². The first kappa shape index (κ1) is 17.9. The summed E-state index contributed by atoms with van der Waals surface area (Å²) in [7, 11) is 1.23. The van der Waals surface area contributed by atoms with Crippen LogP contribution in [-0.2, 0) is 9.53 Å². The lowest BCUT2D eigenvalue weighted by Crippen LogP contribution is -2.30. The summed E-state index contributed by atoms with van der Waals surface area (Å²) in [6, 6.07) is 9.47. The van der Waals surface area contributed by atoms with Crippen molar-refractivity contribution in [2.24, 2.45) is 0 Å². The standard InChI is InChI=1S/C17H14ClF2NO3/c1-24-16(22)9-15(10-5-3-2-4-6-10)21-17(23)11-7-13(19)14(20)8-12(11)18/h2-8,15H,9H2,1H3,(H,21,23)/t15-/m0/s1. The molecule has 0 aliphatic rings. The summed E-state index contributed by atoms with van der Waals surface area (Å²) in [5.41, 5.74) is 0.441. The Bertz CT molecular complexity index is 753. The summed E-state index contributed by atoms with van der Waals surface area (Å²) < 4.78 is 31.1. The number of methoxy groups -OCH3 is 1. The van der Waals surface area contributed by atoms with E-state index in [0.717, 1.165) is 6.07 Å². The second-order valence-corrected chi connectivity index (χ2v) is 5.37. The average molecular weight is 354 g/mol. The molecule has 2 aromatic rings. The molecular weight excluding hydrogens is 340 g/mol. The Morgan fingerprint density at radius 3 is 2.42 bits per heavy atom. The van der Waals surface area contributed by atoms with Gasteiger partial charge < -0.3 is 10.1 Å². The van der Waals surface area contributed by atoms with Crippen LogP contribution in [0.5, 0.6) is 0 Å². The minimum atomic E-state index is -1.19. The highest BCUT2D eigenvalue weighted by atomic mass is 35.5. The number of hydrogen-bond acceptors (Lipinski definition) is 3. The first-order valence-electron chi connectivity index (χ1n) is 6.99. The van der Waals surface area contributed by atoms with Crippen LogP contribution in [0, 0.1) is 11.6 Å². The van der Waals surface area contributed by atoms with Crippen LogP contribution < -0.4 is 5.32 Å². The van der Waals surface area contributed by atoms with Crippen molar-refractivity contribution in [2.45, 2.75) is 12.5 Å². The van der Waals surface area contributed by atoms with Crippen LogP contribution in [-0.4, -0.2) is 19.0 Å². The predicted molar refractivity (Wildman–Crippen MR) is 84.7 cm³/mol. The van der Waals surface area contributed by atoms with Gasteiger partial charge in [0, 0.05) is 0 Å². The quantitative estimate of drug-likeness (QED) is 0.659. The topological polar surface area (TPSA) is 55.4 Å². The maximum Gasteiger partial charge on any atom is 0.307 e. The lowest BCUT2D eigenvalue weighted by atomic mass is 10.0. The van der Waals surface area contributed by atoms with Gasteiger partial charge in [-0.2, -0.15) is 0 Å². The molecule has 7 heteroatoms. The Kier molecular flexibility index (Phi) is 5.87. The summed E-state index contributed by atoms with van der Waals surface area (Å²) in [4.78, 5) is 23.9. The van der Waals surface area contributed by atoms with E-state index in [9.17, 15) is 18.4 Å². The summed E-state index contributed by atoms with van der Waals surface area (Å²) >= 11 is 5.80. The minimum Gasteiger partial charge on any atom is -0.469 e. The highest BCUT2D eigenvalue weighted by molar-refractivity contribution is 6.33. The molecule has 1 amide bonds. The molecule has 0 unspecified atom stereocenters. The third-order valence-electron chi connectivity index (χ3n) is 3.36. The lowest BCUT2D eigenvalue weighted by molar-refractivity contribution is -0.141. The van der Waals surface area contributed by atoms with Gasteiger partial charge in [0.2, 0.25) is 0 Å². The molecule has 4 nitrogen and oxygen atoms in total. The third kappa shape index (κ3) is 4.29. The van der Waals surface area contributed by atoms with E-state index in [0.29, 0.717) is 11.6 Å². The second kappa shape index (κ2) is 7.88. The molecule has 1 atom stereocenters. The van der Waals surface area contributed by atoms with Gasteiger partial charge in [-0.05, 0) is 17.7 Å². The zero-order chi connectivity index (χ0) is 17.7. The Morgan fingerprint density at radius 2 is 1.79 bits per heavy atom. The molecule has 24 heavy (non-hydrogen) atoms. The maximum atomic E-state index is 13.4. The van der Waals surface area contributed by atoms with Crippen LogP contribution in [0.2, 0.25) is 5.02 Å². The molecule has 0 aliphatic heterocycles. The normalized spacial score (nSPS) is 11.7. The van der Waals surface area contributed by atoms with Crippen LogP contribution in [0.3, 0.4) is 0 Å². The molecule has 0 radical (unpaired) electrons. The van der Waals surface area contributed by atoms with Crippen LogP contribution in [0.15, 0.2) is 42.5 Å². The molecule has 0 heterocycles. The average Bonchev–Trinajstić information content (AvgIpc) is 2.58. The Labute approximate surface area is 142 Å². The molecule has 0 saturated carbocycles. The first-order chi connectivity index (χ1) is 11.4. The zero-order valence-corrected chi connectivity index (χ0v) is 13.4. The number of benzene rings is 2. The van der Waals surface area contributed by atoms with Crippen LogP contribution in [0.25, 0.3) is 0 Å². The van der Waals surface area contributed by atoms with E-state index in [4.69, 9.17) is 11.6 Å². The van der Waals surface area contributed by atoms with Gasteiger partial charge in [-0.15, -0.1) is 0 Å². The third-order valence-corrected chi connectivity index (χ3v) is 3.67. The molecular formula is C17H14ClF2NO3. The zero-order valence-electron chi connectivity index (χ0n) is 12.7. The smallest absolute Gasteiger partial charge is 0.307 e. The number of hydrogen-bond donors (Lipinski definition) is 1. The number of ether oxygens (including phenoxy) is 1. The van der Waals surface area contributed by atoms with Crippen molar-refractivity contribution < 1.29 is 23.1 Å². The van der Waals surface area contributed by atoms with E-state index < -0.39 is 29.6 Å². The summed E-state index contributed by atoms with van der Waals surface area (Å²) in [5, 5.41) is 2.36. The molecule has 0 bridgehead atoms. The summed E-state index contributed by atoms with van der Waals surface area (Å²) in [6.45, 7) is 0. The second-order valence-electron chi connectivity index (χ2n) is 4.96. The van der Waals surface area contributed by atoms with E-state index in [-0.39, 0.29) is 17.0 Å². The monoisotopic (exact) mass is 353 g/mol. The van der Waals surface area contributed by atoms with Gasteiger partial charge in [-0.1, -0.05) is 41.9 Å². The van der Waals surface area contributed by atoms with Crippen LogP contribution >= 0.6 is 11.6 Å². The van der Waals surface area contributed by atoms with Gasteiger partial charge in [0.15, 0.2) is 11.6 Å². The number of nitrogens with one attached hydrogen (secondary N) is 1. The largest absolute Gasteiger partial charge is 0.469 e. The van der Waals surface area contributed by atoms with E-state index in [2.05, 4.69) is 10.1 Å². The van der Waals surface area contributed by atoms with Crippen LogP contribution in [0.1, 0.15) is 28.4 Å². The Morgan fingerprint density at radius 1 is 1.17 bits per heavy atom. The number of rotatable bonds is 5. The molecule has 0 spiro atoms. The number of esters is 1. The molecule has 126 valence electrons. The van der Waals surface area contributed by atoms with Crippen molar-refractivity contribution in [1.82, 2.24) is 5.32 Å². The fraction of sp³-hybridized carbons (Fsp3) is 0.176. The van der Waals surface area contributed by atoms with Gasteiger partial charge in [0.05, 0.1) is 30.2 Å². The van der Waals surface area contributed by atoms with E-state index in [1.807, 2.05) is 0 Å². The Hall–Kier alpha value is -2.47. The molecule has 2 aromatic carbocycles. The van der Waals surface area contributed by atoms with E-state index in [1.165, 1.54) is 7.11 Å². The van der Waals surface area contributed by atoms with Crippen molar-refractivity contribution in [1.29, 1.82) is 0 Å². The van der Waals surface area contributed by atoms with Crippen LogP contribution in [0.4, 0.5) is 8.78 Å². The molecule has 2 rings (SSSR count). The highest BCUT2D eigenvalue weighted by Crippen LogP contribution is 2.23. The fourth-order valence-electron chi connectivity index (χ4n) is 2.12. The van der Waals surface area contributed by atoms with Crippen molar-refractivity contribution >= 4 is 23.5 Å². The van der Waals surface area contributed by atoms with E-state index >= 15 is 0 Å².